The molecule has 3 rings (SSSR count). The molecule has 3 aromatic rings. The van der Waals surface area contributed by atoms with Gasteiger partial charge >= 0.3 is 0 Å². The van der Waals surface area contributed by atoms with Crippen molar-refractivity contribution in [1.29, 1.82) is 0 Å². The maximum absolute atomic E-state index is 5.66. The number of hydrogen-bond acceptors (Lipinski definition) is 2. The Labute approximate surface area is 119 Å². The summed E-state index contributed by atoms with van der Waals surface area (Å²) in [6.07, 6.45) is 1.78. The van der Waals surface area contributed by atoms with Crippen molar-refractivity contribution in [2.75, 3.05) is 6.54 Å². The third kappa shape index (κ3) is 2.23. The van der Waals surface area contributed by atoms with Crippen LogP contribution in [0.2, 0.25) is 0 Å². The van der Waals surface area contributed by atoms with E-state index < -0.39 is 0 Å². The lowest BCUT2D eigenvalue weighted by Crippen LogP contribution is -2.11. The highest BCUT2D eigenvalue weighted by Crippen LogP contribution is 2.34. The molecule has 0 unspecified atom stereocenters. The zero-order valence-electron chi connectivity index (χ0n) is 11.9. The summed E-state index contributed by atoms with van der Waals surface area (Å²) in [4.78, 5) is 0. The monoisotopic (exact) mass is 265 g/mol. The van der Waals surface area contributed by atoms with Crippen LogP contribution in [0.4, 0.5) is 0 Å². The number of furan rings is 1. The molecule has 0 amide bonds. The molecule has 0 aliphatic rings. The van der Waals surface area contributed by atoms with Crippen molar-refractivity contribution in [2.24, 2.45) is 0 Å². The van der Waals surface area contributed by atoms with Gasteiger partial charge in [0.05, 0.1) is 12.8 Å². The molecule has 0 aliphatic heterocycles. The second-order valence-corrected chi connectivity index (χ2v) is 5.02. The van der Waals surface area contributed by atoms with Crippen molar-refractivity contribution < 1.29 is 4.42 Å². The number of benzene rings is 2. The molecule has 2 aromatic carbocycles. The quantitative estimate of drug-likeness (QED) is 0.750. The van der Waals surface area contributed by atoms with Gasteiger partial charge in [0.15, 0.2) is 0 Å². The minimum Gasteiger partial charge on any atom is -0.467 e. The zero-order chi connectivity index (χ0) is 13.9. The standard InChI is InChI=1S/C18H19NO/c1-3-19-12-17-16(10-11-20-17)18-13(2)8-9-14-6-4-5-7-15(14)18/h4-11,19H,3,12H2,1-2H3. The van der Waals surface area contributed by atoms with Crippen LogP contribution in [0.3, 0.4) is 0 Å². The smallest absolute Gasteiger partial charge is 0.125 e. The normalized spacial score (nSPS) is 11.1. The molecular weight excluding hydrogens is 246 g/mol. The lowest BCUT2D eigenvalue weighted by atomic mass is 9.94. The van der Waals surface area contributed by atoms with Gasteiger partial charge in [0.2, 0.25) is 0 Å². The number of aryl methyl sites for hydroxylation is 1. The van der Waals surface area contributed by atoms with E-state index in [4.69, 9.17) is 4.42 Å². The molecule has 2 heteroatoms. The summed E-state index contributed by atoms with van der Waals surface area (Å²) in [6.45, 7) is 5.97. The zero-order valence-corrected chi connectivity index (χ0v) is 11.9. The van der Waals surface area contributed by atoms with Crippen molar-refractivity contribution in [3.8, 4) is 11.1 Å². The Morgan fingerprint density at radius 2 is 1.90 bits per heavy atom. The summed E-state index contributed by atoms with van der Waals surface area (Å²) in [5.74, 6) is 1.01. The first kappa shape index (κ1) is 12.9. The first-order valence-corrected chi connectivity index (χ1v) is 7.07. The molecule has 0 saturated heterocycles. The second kappa shape index (κ2) is 5.51. The topological polar surface area (TPSA) is 25.2 Å². The SMILES string of the molecule is CCNCc1occc1-c1c(C)ccc2ccccc12. The lowest BCUT2D eigenvalue weighted by Gasteiger charge is -2.11. The van der Waals surface area contributed by atoms with Gasteiger partial charge in [-0.05, 0) is 41.4 Å². The molecule has 0 atom stereocenters. The maximum Gasteiger partial charge on any atom is 0.125 e. The van der Waals surface area contributed by atoms with E-state index in [1.807, 2.05) is 0 Å². The first-order chi connectivity index (χ1) is 9.81. The number of nitrogens with one attached hydrogen (secondary N) is 1. The van der Waals surface area contributed by atoms with E-state index in [0.29, 0.717) is 0 Å². The molecule has 0 fully saturated rings. The molecule has 1 aromatic heterocycles. The van der Waals surface area contributed by atoms with E-state index in [1.165, 1.54) is 27.5 Å². The fraction of sp³-hybridized carbons (Fsp3) is 0.222. The predicted molar refractivity (Wildman–Crippen MR) is 83.8 cm³/mol. The summed E-state index contributed by atoms with van der Waals surface area (Å²) in [5.41, 5.74) is 3.76. The van der Waals surface area contributed by atoms with Crippen molar-refractivity contribution in [3.63, 3.8) is 0 Å². The molecule has 1 N–H and O–H groups in total. The molecule has 0 bridgehead atoms. The Hall–Kier alpha value is -2.06. The van der Waals surface area contributed by atoms with Gasteiger partial charge in [0.25, 0.3) is 0 Å². The highest BCUT2D eigenvalue weighted by atomic mass is 16.3. The summed E-state index contributed by atoms with van der Waals surface area (Å²) in [5, 5.41) is 5.89. The summed E-state index contributed by atoms with van der Waals surface area (Å²) >= 11 is 0. The molecule has 0 radical (unpaired) electrons. The molecule has 0 aliphatic carbocycles. The van der Waals surface area contributed by atoms with E-state index in [1.54, 1.807) is 6.26 Å². The molecule has 102 valence electrons. The second-order valence-electron chi connectivity index (χ2n) is 5.02. The van der Waals surface area contributed by atoms with Crippen molar-refractivity contribution in [1.82, 2.24) is 5.32 Å². The molecule has 2 nitrogen and oxygen atoms in total. The number of hydrogen-bond donors (Lipinski definition) is 1. The van der Waals surface area contributed by atoms with Gasteiger partial charge in [0, 0.05) is 5.56 Å². The van der Waals surface area contributed by atoms with Crippen LogP contribution >= 0.6 is 0 Å². The number of rotatable bonds is 4. The lowest BCUT2D eigenvalue weighted by molar-refractivity contribution is 0.489. The van der Waals surface area contributed by atoms with Crippen LogP contribution in [0.1, 0.15) is 18.2 Å². The Morgan fingerprint density at radius 3 is 2.75 bits per heavy atom. The highest BCUT2D eigenvalue weighted by Gasteiger charge is 2.13. The summed E-state index contributed by atoms with van der Waals surface area (Å²) < 4.78 is 5.66. The van der Waals surface area contributed by atoms with Gasteiger partial charge in [-0.15, -0.1) is 0 Å². The van der Waals surface area contributed by atoms with Crippen LogP contribution in [0, 0.1) is 6.92 Å². The van der Waals surface area contributed by atoms with Crippen molar-refractivity contribution in [3.05, 3.63) is 60.1 Å². The van der Waals surface area contributed by atoms with Crippen LogP contribution in [0.5, 0.6) is 0 Å². The van der Waals surface area contributed by atoms with E-state index >= 15 is 0 Å². The Balaban J connectivity index is 2.19. The first-order valence-electron chi connectivity index (χ1n) is 7.07. The van der Waals surface area contributed by atoms with Crippen LogP contribution in [0.25, 0.3) is 21.9 Å². The van der Waals surface area contributed by atoms with Gasteiger partial charge < -0.3 is 9.73 Å². The third-order valence-corrected chi connectivity index (χ3v) is 3.69. The molecule has 0 saturated carbocycles. The summed E-state index contributed by atoms with van der Waals surface area (Å²) in [6, 6.07) is 14.9. The molecule has 20 heavy (non-hydrogen) atoms. The fourth-order valence-electron chi connectivity index (χ4n) is 2.68. The Morgan fingerprint density at radius 1 is 1.05 bits per heavy atom. The van der Waals surface area contributed by atoms with E-state index in [2.05, 4.69) is 61.6 Å². The summed E-state index contributed by atoms with van der Waals surface area (Å²) in [7, 11) is 0. The van der Waals surface area contributed by atoms with Gasteiger partial charge in [-0.3, -0.25) is 0 Å². The average Bonchev–Trinajstić information content (AvgIpc) is 2.93. The maximum atomic E-state index is 5.66. The Bertz CT molecular complexity index is 727. The van der Waals surface area contributed by atoms with E-state index in [-0.39, 0.29) is 0 Å². The minimum absolute atomic E-state index is 0.765. The van der Waals surface area contributed by atoms with E-state index in [9.17, 15) is 0 Å². The van der Waals surface area contributed by atoms with Gasteiger partial charge in [0.1, 0.15) is 5.76 Å². The predicted octanol–water partition coefficient (Wildman–Crippen LogP) is 4.52. The van der Waals surface area contributed by atoms with Gasteiger partial charge in [-0.1, -0.05) is 43.3 Å². The molecular formula is C18H19NO. The molecule has 0 spiro atoms. The largest absolute Gasteiger partial charge is 0.467 e. The van der Waals surface area contributed by atoms with E-state index in [0.717, 1.165) is 18.8 Å². The fourth-order valence-corrected chi connectivity index (χ4v) is 2.68. The van der Waals surface area contributed by atoms with Gasteiger partial charge in [-0.25, -0.2) is 0 Å². The Kier molecular flexibility index (Phi) is 3.57. The van der Waals surface area contributed by atoms with Crippen LogP contribution in [-0.4, -0.2) is 6.54 Å². The van der Waals surface area contributed by atoms with Crippen molar-refractivity contribution >= 4 is 10.8 Å². The van der Waals surface area contributed by atoms with Crippen molar-refractivity contribution in [2.45, 2.75) is 20.4 Å². The van der Waals surface area contributed by atoms with Crippen LogP contribution < -0.4 is 5.32 Å². The van der Waals surface area contributed by atoms with Crippen LogP contribution in [-0.2, 0) is 6.54 Å². The van der Waals surface area contributed by atoms with Gasteiger partial charge in [-0.2, -0.15) is 0 Å². The average molecular weight is 265 g/mol. The number of fused-ring (bicyclic) bond motifs is 1. The van der Waals surface area contributed by atoms with Crippen LogP contribution in [0.15, 0.2) is 53.1 Å². The minimum atomic E-state index is 0.765. The molecule has 1 heterocycles. The third-order valence-electron chi connectivity index (χ3n) is 3.69. The highest BCUT2D eigenvalue weighted by molar-refractivity contribution is 5.98.